The summed E-state index contributed by atoms with van der Waals surface area (Å²) in [6.45, 7) is 9.13. The fourth-order valence-electron chi connectivity index (χ4n) is 3.75. The van der Waals surface area contributed by atoms with Crippen LogP contribution < -0.4 is 15.4 Å². The molecular formula is C25H35N3O2. The van der Waals surface area contributed by atoms with Gasteiger partial charge in [0.05, 0.1) is 6.10 Å². The molecule has 0 spiro atoms. The zero-order valence-electron chi connectivity index (χ0n) is 18.3. The number of hydrogen-bond acceptors (Lipinski definition) is 4. The summed E-state index contributed by atoms with van der Waals surface area (Å²) in [6.07, 6.45) is 3.64. The summed E-state index contributed by atoms with van der Waals surface area (Å²) in [5.74, 6) is 1.11. The lowest BCUT2D eigenvalue weighted by Crippen LogP contribution is -2.35. The number of hydrogen-bond donors (Lipinski definition) is 2. The van der Waals surface area contributed by atoms with E-state index in [0.29, 0.717) is 0 Å². The number of likely N-dealkylation sites (tertiary alicyclic amines) is 1. The normalized spacial score (nSPS) is 14.2. The van der Waals surface area contributed by atoms with Gasteiger partial charge in [0.25, 0.3) is 5.91 Å². The van der Waals surface area contributed by atoms with Crippen LogP contribution in [0.1, 0.15) is 54.6 Å². The lowest BCUT2D eigenvalue weighted by molar-refractivity contribution is 0.0724. The third kappa shape index (κ3) is 6.85. The van der Waals surface area contributed by atoms with E-state index in [2.05, 4.69) is 22.8 Å². The molecule has 1 amide bonds. The predicted molar refractivity (Wildman–Crippen MR) is 122 cm³/mol. The molecule has 0 aliphatic carbocycles. The molecule has 1 fully saturated rings. The Labute approximate surface area is 180 Å². The number of piperidine rings is 1. The van der Waals surface area contributed by atoms with E-state index in [0.717, 1.165) is 69.0 Å². The molecule has 0 aromatic heterocycles. The van der Waals surface area contributed by atoms with Crippen molar-refractivity contribution in [3.05, 3.63) is 65.2 Å². The first-order valence-electron chi connectivity index (χ1n) is 11.2. The minimum Gasteiger partial charge on any atom is -0.491 e. The first-order chi connectivity index (χ1) is 14.6. The van der Waals surface area contributed by atoms with Gasteiger partial charge in [-0.3, -0.25) is 4.79 Å². The van der Waals surface area contributed by atoms with Crippen molar-refractivity contribution in [3.63, 3.8) is 0 Å². The molecule has 0 radical (unpaired) electrons. The molecule has 0 saturated carbocycles. The van der Waals surface area contributed by atoms with Gasteiger partial charge in [-0.25, -0.2) is 0 Å². The first-order valence-corrected chi connectivity index (χ1v) is 11.2. The fourth-order valence-corrected chi connectivity index (χ4v) is 3.75. The average Bonchev–Trinajstić information content (AvgIpc) is 2.77. The van der Waals surface area contributed by atoms with E-state index in [1.54, 1.807) is 0 Å². The molecule has 1 aliphatic heterocycles. The van der Waals surface area contributed by atoms with Gasteiger partial charge in [0.1, 0.15) is 5.75 Å². The van der Waals surface area contributed by atoms with Crippen molar-refractivity contribution in [1.29, 1.82) is 0 Å². The summed E-state index contributed by atoms with van der Waals surface area (Å²) in [4.78, 5) is 14.7. The van der Waals surface area contributed by atoms with Crippen molar-refractivity contribution < 1.29 is 9.53 Å². The maximum atomic E-state index is 12.7. The van der Waals surface area contributed by atoms with Crippen molar-refractivity contribution >= 4 is 5.91 Å². The molecule has 2 aromatic rings. The predicted octanol–water partition coefficient (Wildman–Crippen LogP) is 3.98. The molecule has 0 atom stereocenters. The number of para-hydroxylation sites is 1. The summed E-state index contributed by atoms with van der Waals surface area (Å²) in [5, 5.41) is 6.93. The van der Waals surface area contributed by atoms with Gasteiger partial charge in [0.2, 0.25) is 0 Å². The lowest BCUT2D eigenvalue weighted by Gasteiger charge is -2.26. The van der Waals surface area contributed by atoms with Gasteiger partial charge in [0, 0.05) is 50.4 Å². The van der Waals surface area contributed by atoms with E-state index < -0.39 is 0 Å². The number of nitrogens with zero attached hydrogens (tertiary/aromatic N) is 1. The summed E-state index contributed by atoms with van der Waals surface area (Å²) in [5.41, 5.74) is 3.12. The lowest BCUT2D eigenvalue weighted by atomic mass is 10.1. The average molecular weight is 410 g/mol. The number of carbonyl (C=O) groups excluding carboxylic acids is 1. The van der Waals surface area contributed by atoms with Crippen LogP contribution in [-0.2, 0) is 13.1 Å². The number of ether oxygens (including phenoxy) is 1. The van der Waals surface area contributed by atoms with Crippen LogP contribution in [-0.4, -0.2) is 43.1 Å². The Bertz CT molecular complexity index is 800. The quantitative estimate of drug-likeness (QED) is 0.583. The monoisotopic (exact) mass is 409 g/mol. The van der Waals surface area contributed by atoms with Gasteiger partial charge in [-0.2, -0.15) is 0 Å². The van der Waals surface area contributed by atoms with Crippen molar-refractivity contribution in [3.8, 4) is 5.75 Å². The van der Waals surface area contributed by atoms with Gasteiger partial charge in [0.15, 0.2) is 0 Å². The van der Waals surface area contributed by atoms with Crippen molar-refractivity contribution in [2.75, 3.05) is 26.2 Å². The van der Waals surface area contributed by atoms with E-state index in [1.807, 2.05) is 55.1 Å². The second-order valence-electron chi connectivity index (χ2n) is 8.18. The molecule has 0 unspecified atom stereocenters. The summed E-state index contributed by atoms with van der Waals surface area (Å²) < 4.78 is 5.87. The molecule has 3 rings (SSSR count). The number of benzene rings is 2. The van der Waals surface area contributed by atoms with Crippen LogP contribution in [0.15, 0.2) is 48.5 Å². The van der Waals surface area contributed by atoms with Crippen LogP contribution in [0.25, 0.3) is 0 Å². The molecular weight excluding hydrogens is 374 g/mol. The molecule has 162 valence electrons. The van der Waals surface area contributed by atoms with Crippen LogP contribution in [0, 0.1) is 0 Å². The molecule has 5 heteroatoms. The van der Waals surface area contributed by atoms with Crippen molar-refractivity contribution in [2.24, 2.45) is 0 Å². The van der Waals surface area contributed by atoms with Crippen molar-refractivity contribution in [2.45, 2.75) is 52.3 Å². The van der Waals surface area contributed by atoms with Crippen LogP contribution >= 0.6 is 0 Å². The molecule has 1 saturated heterocycles. The maximum Gasteiger partial charge on any atom is 0.253 e. The molecule has 30 heavy (non-hydrogen) atoms. The SMILES string of the molecule is CC(C)Oc1ccccc1CNCCNCc1cccc(C(=O)N2CCCCC2)c1. The van der Waals surface area contributed by atoms with Gasteiger partial charge < -0.3 is 20.3 Å². The highest BCUT2D eigenvalue weighted by molar-refractivity contribution is 5.94. The number of carbonyl (C=O) groups is 1. The highest BCUT2D eigenvalue weighted by Crippen LogP contribution is 2.19. The molecule has 0 bridgehead atoms. The molecule has 1 aliphatic rings. The Morgan fingerprint density at radius 1 is 0.967 bits per heavy atom. The Morgan fingerprint density at radius 3 is 2.47 bits per heavy atom. The van der Waals surface area contributed by atoms with Gasteiger partial charge in [-0.15, -0.1) is 0 Å². The maximum absolute atomic E-state index is 12.7. The summed E-state index contributed by atoms with van der Waals surface area (Å²) in [6, 6.07) is 16.2. The molecule has 5 nitrogen and oxygen atoms in total. The standard InChI is InChI=1S/C25H35N3O2/c1-20(2)30-24-12-5-4-10-23(24)19-27-14-13-26-18-21-9-8-11-22(17-21)25(29)28-15-6-3-7-16-28/h4-5,8-12,17,20,26-27H,3,6-7,13-16,18-19H2,1-2H3. The third-order valence-corrected chi connectivity index (χ3v) is 5.28. The Kier molecular flexibility index (Phi) is 8.72. The van der Waals surface area contributed by atoms with E-state index in [4.69, 9.17) is 4.74 Å². The highest BCUT2D eigenvalue weighted by Gasteiger charge is 2.18. The second-order valence-corrected chi connectivity index (χ2v) is 8.18. The number of nitrogens with one attached hydrogen (secondary N) is 2. The minimum absolute atomic E-state index is 0.167. The minimum atomic E-state index is 0.167. The smallest absolute Gasteiger partial charge is 0.253 e. The van der Waals surface area contributed by atoms with Gasteiger partial charge in [-0.1, -0.05) is 30.3 Å². The Balaban J connectivity index is 1.39. The van der Waals surface area contributed by atoms with Gasteiger partial charge >= 0.3 is 0 Å². The zero-order valence-corrected chi connectivity index (χ0v) is 18.3. The van der Waals surface area contributed by atoms with E-state index >= 15 is 0 Å². The Morgan fingerprint density at radius 2 is 1.70 bits per heavy atom. The van der Waals surface area contributed by atoms with E-state index in [9.17, 15) is 4.79 Å². The topological polar surface area (TPSA) is 53.6 Å². The number of rotatable bonds is 10. The van der Waals surface area contributed by atoms with Crippen LogP contribution in [0.4, 0.5) is 0 Å². The van der Waals surface area contributed by atoms with Crippen LogP contribution in [0.3, 0.4) is 0 Å². The van der Waals surface area contributed by atoms with Crippen LogP contribution in [0.2, 0.25) is 0 Å². The largest absolute Gasteiger partial charge is 0.491 e. The summed E-state index contributed by atoms with van der Waals surface area (Å²) >= 11 is 0. The first kappa shape index (κ1) is 22.3. The highest BCUT2D eigenvalue weighted by atomic mass is 16.5. The van der Waals surface area contributed by atoms with Crippen molar-refractivity contribution in [1.82, 2.24) is 15.5 Å². The zero-order chi connectivity index (χ0) is 21.2. The third-order valence-electron chi connectivity index (χ3n) is 5.28. The number of amides is 1. The van der Waals surface area contributed by atoms with E-state index in [1.165, 1.54) is 12.0 Å². The molecule has 1 heterocycles. The fraction of sp³-hybridized carbons (Fsp3) is 0.480. The van der Waals surface area contributed by atoms with Crippen LogP contribution in [0.5, 0.6) is 5.75 Å². The van der Waals surface area contributed by atoms with Gasteiger partial charge in [-0.05, 0) is 56.9 Å². The summed E-state index contributed by atoms with van der Waals surface area (Å²) in [7, 11) is 0. The Hall–Kier alpha value is -2.37. The van der Waals surface area contributed by atoms with E-state index in [-0.39, 0.29) is 12.0 Å². The molecule has 2 N–H and O–H groups in total. The molecule has 2 aromatic carbocycles. The second kappa shape index (κ2) is 11.7.